The molecule has 7 heteroatoms. The van der Waals surface area contributed by atoms with E-state index in [-0.39, 0.29) is 0 Å². The molecule has 102 valence electrons. The number of nitrogens with zero attached hydrogens (tertiary/aromatic N) is 4. The topological polar surface area (TPSA) is 107 Å². The number of pyridine rings is 1. The van der Waals surface area contributed by atoms with Crippen LogP contribution >= 0.6 is 0 Å². The second-order valence-corrected chi connectivity index (χ2v) is 4.52. The third-order valence-corrected chi connectivity index (χ3v) is 3.08. The molecule has 0 radical (unpaired) electrons. The van der Waals surface area contributed by atoms with E-state index in [9.17, 15) is 0 Å². The number of nitrogen functional groups attached to an aromatic ring is 1. The summed E-state index contributed by atoms with van der Waals surface area (Å²) < 4.78 is 5.20. The summed E-state index contributed by atoms with van der Waals surface area (Å²) in [5.41, 5.74) is 7.66. The fourth-order valence-corrected chi connectivity index (χ4v) is 2.07. The molecule has 0 aliphatic rings. The molecule has 3 N–H and O–H groups in total. The van der Waals surface area contributed by atoms with Crippen LogP contribution in [-0.2, 0) is 0 Å². The second kappa shape index (κ2) is 4.41. The quantitative estimate of drug-likeness (QED) is 0.582. The van der Waals surface area contributed by atoms with Gasteiger partial charge < -0.3 is 10.3 Å². The Morgan fingerprint density at radius 2 is 1.95 bits per heavy atom. The van der Waals surface area contributed by atoms with Gasteiger partial charge in [-0.15, -0.1) is 0 Å². The van der Waals surface area contributed by atoms with Crippen molar-refractivity contribution >= 4 is 16.7 Å². The van der Waals surface area contributed by atoms with E-state index in [1.807, 2.05) is 36.4 Å². The Kier molecular flexibility index (Phi) is 2.43. The van der Waals surface area contributed by atoms with Crippen LogP contribution in [0.3, 0.4) is 0 Å². The lowest BCUT2D eigenvalue weighted by Crippen LogP contribution is -1.87. The molecule has 0 aliphatic heterocycles. The molecule has 0 spiro atoms. The van der Waals surface area contributed by atoms with Crippen LogP contribution in [-0.4, -0.2) is 25.3 Å². The van der Waals surface area contributed by atoms with Gasteiger partial charge in [0.15, 0.2) is 0 Å². The first-order chi connectivity index (χ1) is 10.3. The van der Waals surface area contributed by atoms with Gasteiger partial charge in [-0.2, -0.15) is 10.1 Å². The maximum Gasteiger partial charge on any atom is 0.276 e. The molecule has 0 aliphatic carbocycles. The SMILES string of the molecule is Nc1cc(-c2nc(-c3ccc4ccccc4n3)no2)[nH]n1. The van der Waals surface area contributed by atoms with Gasteiger partial charge in [-0.05, 0) is 12.1 Å². The number of benzene rings is 1. The summed E-state index contributed by atoms with van der Waals surface area (Å²) in [6, 6.07) is 13.3. The predicted molar refractivity (Wildman–Crippen MR) is 77.0 cm³/mol. The van der Waals surface area contributed by atoms with Crippen LogP contribution in [0.5, 0.6) is 0 Å². The summed E-state index contributed by atoms with van der Waals surface area (Å²) in [6.07, 6.45) is 0. The van der Waals surface area contributed by atoms with Crippen molar-refractivity contribution in [2.24, 2.45) is 0 Å². The number of para-hydroxylation sites is 1. The minimum absolute atomic E-state index is 0.323. The van der Waals surface area contributed by atoms with E-state index < -0.39 is 0 Å². The van der Waals surface area contributed by atoms with Crippen LogP contribution in [0.1, 0.15) is 0 Å². The summed E-state index contributed by atoms with van der Waals surface area (Å²) >= 11 is 0. The molecule has 1 aromatic carbocycles. The summed E-state index contributed by atoms with van der Waals surface area (Å²) in [5, 5.41) is 11.6. The van der Waals surface area contributed by atoms with Gasteiger partial charge in [0.25, 0.3) is 5.89 Å². The molecule has 0 bridgehead atoms. The Bertz CT molecular complexity index is 926. The number of hydrogen-bond donors (Lipinski definition) is 2. The van der Waals surface area contributed by atoms with E-state index in [0.29, 0.717) is 28.9 Å². The summed E-state index contributed by atoms with van der Waals surface area (Å²) in [4.78, 5) is 8.83. The average Bonchev–Trinajstić information content (AvgIpc) is 3.15. The van der Waals surface area contributed by atoms with Crippen LogP contribution in [0.2, 0.25) is 0 Å². The highest BCUT2D eigenvalue weighted by atomic mass is 16.5. The van der Waals surface area contributed by atoms with E-state index in [1.165, 1.54) is 0 Å². The molecule has 4 rings (SSSR count). The highest BCUT2D eigenvalue weighted by Gasteiger charge is 2.13. The lowest BCUT2D eigenvalue weighted by Gasteiger charge is -1.98. The maximum absolute atomic E-state index is 5.55. The fourth-order valence-electron chi connectivity index (χ4n) is 2.07. The van der Waals surface area contributed by atoms with Crippen molar-refractivity contribution in [1.29, 1.82) is 0 Å². The number of nitrogens with two attached hydrogens (primary N) is 1. The largest absolute Gasteiger partial charge is 0.382 e. The highest BCUT2D eigenvalue weighted by Crippen LogP contribution is 2.22. The second-order valence-electron chi connectivity index (χ2n) is 4.52. The van der Waals surface area contributed by atoms with Gasteiger partial charge in [-0.25, -0.2) is 4.98 Å². The molecule has 3 aromatic heterocycles. The molecular weight excluding hydrogens is 268 g/mol. The van der Waals surface area contributed by atoms with Gasteiger partial charge in [-0.3, -0.25) is 5.10 Å². The lowest BCUT2D eigenvalue weighted by atomic mass is 10.2. The fraction of sp³-hybridized carbons (Fsp3) is 0. The Labute approximate surface area is 118 Å². The molecule has 0 fully saturated rings. The van der Waals surface area contributed by atoms with E-state index in [1.54, 1.807) is 6.07 Å². The van der Waals surface area contributed by atoms with Gasteiger partial charge in [0.1, 0.15) is 17.2 Å². The van der Waals surface area contributed by atoms with E-state index in [2.05, 4.69) is 25.3 Å². The molecule has 0 saturated heterocycles. The van der Waals surface area contributed by atoms with Crippen LogP contribution in [0.4, 0.5) is 5.82 Å². The number of rotatable bonds is 2. The summed E-state index contributed by atoms with van der Waals surface area (Å²) in [5.74, 6) is 1.11. The van der Waals surface area contributed by atoms with Crippen molar-refractivity contribution in [3.05, 3.63) is 42.5 Å². The number of fused-ring (bicyclic) bond motifs is 1. The summed E-state index contributed by atoms with van der Waals surface area (Å²) in [6.45, 7) is 0. The normalized spacial score (nSPS) is 11.0. The number of aromatic nitrogens is 5. The third kappa shape index (κ3) is 2.00. The van der Waals surface area contributed by atoms with E-state index in [0.717, 1.165) is 10.9 Å². The van der Waals surface area contributed by atoms with Crippen LogP contribution in [0.15, 0.2) is 47.0 Å². The number of H-pyrrole nitrogens is 1. The smallest absolute Gasteiger partial charge is 0.276 e. The molecule has 0 amide bonds. The first-order valence-corrected chi connectivity index (χ1v) is 6.31. The number of nitrogens with one attached hydrogen (secondary N) is 1. The van der Waals surface area contributed by atoms with E-state index in [4.69, 9.17) is 10.3 Å². The Morgan fingerprint density at radius 3 is 2.81 bits per heavy atom. The Balaban J connectivity index is 1.77. The van der Waals surface area contributed by atoms with Gasteiger partial charge in [-0.1, -0.05) is 29.4 Å². The number of hydrogen-bond acceptors (Lipinski definition) is 6. The standard InChI is InChI=1S/C14H10N6O/c15-12-7-11(18-19-12)14-17-13(20-21-14)10-6-5-8-3-1-2-4-9(8)16-10/h1-7H,(H3,15,18,19). The van der Waals surface area contributed by atoms with Crippen molar-refractivity contribution < 1.29 is 4.52 Å². The minimum Gasteiger partial charge on any atom is -0.382 e. The van der Waals surface area contributed by atoms with Gasteiger partial charge in [0.2, 0.25) is 5.82 Å². The number of anilines is 1. The van der Waals surface area contributed by atoms with Gasteiger partial charge in [0.05, 0.1) is 5.52 Å². The van der Waals surface area contributed by atoms with Crippen molar-refractivity contribution in [1.82, 2.24) is 25.3 Å². The zero-order valence-electron chi connectivity index (χ0n) is 10.8. The maximum atomic E-state index is 5.55. The summed E-state index contributed by atoms with van der Waals surface area (Å²) in [7, 11) is 0. The average molecular weight is 278 g/mol. The van der Waals surface area contributed by atoms with Crippen molar-refractivity contribution in [3.63, 3.8) is 0 Å². The molecule has 7 nitrogen and oxygen atoms in total. The van der Waals surface area contributed by atoms with E-state index >= 15 is 0 Å². The predicted octanol–water partition coefficient (Wildman–Crippen LogP) is 2.26. The van der Waals surface area contributed by atoms with Crippen LogP contribution < -0.4 is 5.73 Å². The zero-order chi connectivity index (χ0) is 14.2. The van der Waals surface area contributed by atoms with Crippen molar-refractivity contribution in [3.8, 4) is 23.1 Å². The Morgan fingerprint density at radius 1 is 1.05 bits per heavy atom. The molecule has 0 saturated carbocycles. The highest BCUT2D eigenvalue weighted by molar-refractivity contribution is 5.80. The molecular formula is C14H10N6O. The first-order valence-electron chi connectivity index (χ1n) is 6.31. The molecule has 0 unspecified atom stereocenters. The van der Waals surface area contributed by atoms with Crippen molar-refractivity contribution in [2.45, 2.75) is 0 Å². The Hall–Kier alpha value is -3.22. The van der Waals surface area contributed by atoms with Gasteiger partial charge in [0, 0.05) is 11.5 Å². The van der Waals surface area contributed by atoms with Crippen LogP contribution in [0.25, 0.3) is 34.0 Å². The number of aromatic amines is 1. The van der Waals surface area contributed by atoms with Gasteiger partial charge >= 0.3 is 0 Å². The van der Waals surface area contributed by atoms with Crippen LogP contribution in [0, 0.1) is 0 Å². The lowest BCUT2D eigenvalue weighted by molar-refractivity contribution is 0.430. The third-order valence-electron chi connectivity index (χ3n) is 3.08. The zero-order valence-corrected chi connectivity index (χ0v) is 10.8. The molecule has 0 atom stereocenters. The van der Waals surface area contributed by atoms with Crippen molar-refractivity contribution in [2.75, 3.05) is 5.73 Å². The first kappa shape index (κ1) is 11.6. The minimum atomic E-state index is 0.323. The molecule has 4 aromatic rings. The molecule has 21 heavy (non-hydrogen) atoms. The monoisotopic (exact) mass is 278 g/mol. The molecule has 3 heterocycles.